The zero-order chi connectivity index (χ0) is 14.4. The molecule has 0 bridgehead atoms. The first-order valence-electron chi connectivity index (χ1n) is 6.07. The lowest BCUT2D eigenvalue weighted by Gasteiger charge is -2.09. The van der Waals surface area contributed by atoms with Crippen LogP contribution in [0, 0.1) is 5.92 Å². The minimum atomic E-state index is -0.636. The summed E-state index contributed by atoms with van der Waals surface area (Å²) in [5.74, 6) is -1.85. The number of hydrogen-bond donors (Lipinski definition) is 1. The van der Waals surface area contributed by atoms with E-state index in [1.54, 1.807) is 36.9 Å². The Labute approximate surface area is 111 Å². The van der Waals surface area contributed by atoms with Crippen LogP contribution in [0.25, 0.3) is 0 Å². The highest BCUT2D eigenvalue weighted by atomic mass is 16.5. The zero-order valence-electron chi connectivity index (χ0n) is 11.3. The van der Waals surface area contributed by atoms with E-state index >= 15 is 0 Å². The number of nitrogens with one attached hydrogen (secondary N) is 1. The molecule has 6 nitrogen and oxygen atoms in total. The Balaban J connectivity index is 2.42. The normalized spacial score (nSPS) is 11.7. The van der Waals surface area contributed by atoms with E-state index in [-0.39, 0.29) is 5.92 Å². The number of aromatic nitrogens is 1. The summed E-state index contributed by atoms with van der Waals surface area (Å²) in [6.45, 7) is 3.12. The van der Waals surface area contributed by atoms with Gasteiger partial charge in [0.1, 0.15) is 5.69 Å². The minimum absolute atomic E-state index is 0.253. The van der Waals surface area contributed by atoms with Crippen LogP contribution in [0.2, 0.25) is 0 Å². The third-order valence-electron chi connectivity index (χ3n) is 2.79. The second kappa shape index (κ2) is 6.72. The molecule has 0 saturated carbocycles. The third kappa shape index (κ3) is 4.24. The van der Waals surface area contributed by atoms with E-state index in [9.17, 15) is 14.4 Å². The standard InChI is InChI=1S/C13H18N2O4/c1-4-9(2)13(18)19-8-11(16)14-12(17)10-6-5-7-15(10)3/h5-7,9H,4,8H2,1-3H3,(H,14,16,17). The van der Waals surface area contributed by atoms with Crippen molar-refractivity contribution in [3.8, 4) is 0 Å². The average molecular weight is 266 g/mol. The third-order valence-corrected chi connectivity index (χ3v) is 2.79. The van der Waals surface area contributed by atoms with Crippen LogP contribution < -0.4 is 5.32 Å². The first-order valence-corrected chi connectivity index (χ1v) is 6.07. The largest absolute Gasteiger partial charge is 0.455 e. The van der Waals surface area contributed by atoms with E-state index < -0.39 is 24.4 Å². The molecule has 1 atom stereocenters. The van der Waals surface area contributed by atoms with Gasteiger partial charge < -0.3 is 9.30 Å². The molecule has 104 valence electrons. The van der Waals surface area contributed by atoms with Gasteiger partial charge in [-0.3, -0.25) is 19.7 Å². The van der Waals surface area contributed by atoms with Crippen molar-refractivity contribution in [2.45, 2.75) is 20.3 Å². The highest BCUT2D eigenvalue weighted by Gasteiger charge is 2.16. The van der Waals surface area contributed by atoms with Gasteiger partial charge in [-0.1, -0.05) is 13.8 Å². The van der Waals surface area contributed by atoms with Crippen LogP contribution in [0.4, 0.5) is 0 Å². The second-order valence-corrected chi connectivity index (χ2v) is 4.30. The number of carbonyl (C=O) groups excluding carboxylic acids is 3. The summed E-state index contributed by atoms with van der Waals surface area (Å²) < 4.78 is 6.39. The quantitative estimate of drug-likeness (QED) is 0.802. The number of amides is 2. The Morgan fingerprint density at radius 3 is 2.63 bits per heavy atom. The molecule has 0 aliphatic carbocycles. The van der Waals surface area contributed by atoms with Crippen LogP contribution in [0.5, 0.6) is 0 Å². The van der Waals surface area contributed by atoms with E-state index in [0.717, 1.165) is 0 Å². The Morgan fingerprint density at radius 2 is 2.11 bits per heavy atom. The van der Waals surface area contributed by atoms with Gasteiger partial charge in [-0.25, -0.2) is 0 Å². The number of carbonyl (C=O) groups is 3. The molecule has 0 aliphatic heterocycles. The maximum atomic E-state index is 11.7. The van der Waals surface area contributed by atoms with Gasteiger partial charge >= 0.3 is 5.97 Å². The molecular formula is C13H18N2O4. The molecule has 0 radical (unpaired) electrons. The molecule has 1 unspecified atom stereocenters. The molecule has 0 fully saturated rings. The summed E-state index contributed by atoms with van der Waals surface area (Å²) >= 11 is 0. The lowest BCUT2D eigenvalue weighted by molar-refractivity contribution is -0.152. The van der Waals surface area contributed by atoms with Gasteiger partial charge in [-0.2, -0.15) is 0 Å². The Hall–Kier alpha value is -2.11. The number of rotatable bonds is 5. The molecule has 0 spiro atoms. The molecule has 1 aromatic rings. The lowest BCUT2D eigenvalue weighted by Crippen LogP contribution is -2.35. The van der Waals surface area contributed by atoms with Crippen LogP contribution >= 0.6 is 0 Å². The Bertz CT molecular complexity index is 479. The van der Waals surface area contributed by atoms with Gasteiger partial charge in [0.25, 0.3) is 11.8 Å². The van der Waals surface area contributed by atoms with Crippen molar-refractivity contribution in [1.82, 2.24) is 9.88 Å². The summed E-state index contributed by atoms with van der Waals surface area (Å²) in [7, 11) is 1.70. The lowest BCUT2D eigenvalue weighted by atomic mass is 10.1. The smallest absolute Gasteiger partial charge is 0.309 e. The number of aryl methyl sites for hydroxylation is 1. The van der Waals surface area contributed by atoms with E-state index in [4.69, 9.17) is 4.74 Å². The van der Waals surface area contributed by atoms with Crippen LogP contribution in [0.15, 0.2) is 18.3 Å². The molecular weight excluding hydrogens is 248 g/mol. The van der Waals surface area contributed by atoms with E-state index in [1.807, 2.05) is 6.92 Å². The van der Waals surface area contributed by atoms with Gasteiger partial charge in [0.05, 0.1) is 5.92 Å². The fourth-order valence-corrected chi connectivity index (χ4v) is 1.37. The maximum Gasteiger partial charge on any atom is 0.309 e. The van der Waals surface area contributed by atoms with Crippen molar-refractivity contribution >= 4 is 17.8 Å². The van der Waals surface area contributed by atoms with Crippen molar-refractivity contribution in [2.75, 3.05) is 6.61 Å². The number of esters is 1. The molecule has 1 heterocycles. The van der Waals surface area contributed by atoms with Crippen LogP contribution in [0.1, 0.15) is 30.8 Å². The second-order valence-electron chi connectivity index (χ2n) is 4.30. The van der Waals surface area contributed by atoms with Gasteiger partial charge in [-0.15, -0.1) is 0 Å². The highest BCUT2D eigenvalue weighted by molar-refractivity contribution is 6.04. The average Bonchev–Trinajstić information content (AvgIpc) is 2.81. The van der Waals surface area contributed by atoms with Gasteiger partial charge in [0, 0.05) is 13.2 Å². The minimum Gasteiger partial charge on any atom is -0.455 e. The summed E-state index contributed by atoms with van der Waals surface area (Å²) in [6.07, 6.45) is 2.34. The molecule has 0 aromatic carbocycles. The van der Waals surface area contributed by atoms with Gasteiger partial charge in [0.15, 0.2) is 6.61 Å². The Morgan fingerprint density at radius 1 is 1.42 bits per heavy atom. The van der Waals surface area contributed by atoms with Crippen molar-refractivity contribution in [3.63, 3.8) is 0 Å². The Kier molecular flexibility index (Phi) is 5.29. The van der Waals surface area contributed by atoms with E-state index in [2.05, 4.69) is 5.32 Å². The van der Waals surface area contributed by atoms with Crippen molar-refractivity contribution in [2.24, 2.45) is 13.0 Å². The number of nitrogens with zero attached hydrogens (tertiary/aromatic N) is 1. The molecule has 19 heavy (non-hydrogen) atoms. The summed E-state index contributed by atoms with van der Waals surface area (Å²) in [4.78, 5) is 34.5. The number of hydrogen-bond acceptors (Lipinski definition) is 4. The zero-order valence-corrected chi connectivity index (χ0v) is 11.3. The van der Waals surface area contributed by atoms with Crippen molar-refractivity contribution in [1.29, 1.82) is 0 Å². The van der Waals surface area contributed by atoms with E-state index in [0.29, 0.717) is 12.1 Å². The molecule has 1 N–H and O–H groups in total. The molecule has 0 aliphatic rings. The topological polar surface area (TPSA) is 77.4 Å². The van der Waals surface area contributed by atoms with Crippen LogP contribution in [-0.2, 0) is 21.4 Å². The van der Waals surface area contributed by atoms with Gasteiger partial charge in [0.2, 0.25) is 0 Å². The highest BCUT2D eigenvalue weighted by Crippen LogP contribution is 2.03. The predicted octanol–water partition coefficient (Wildman–Crippen LogP) is 0.871. The predicted molar refractivity (Wildman–Crippen MR) is 68.3 cm³/mol. The number of ether oxygens (including phenoxy) is 1. The van der Waals surface area contributed by atoms with Crippen molar-refractivity contribution < 1.29 is 19.1 Å². The first-order chi connectivity index (χ1) is 8.95. The molecule has 2 amide bonds. The van der Waals surface area contributed by atoms with E-state index in [1.165, 1.54) is 0 Å². The molecule has 1 aromatic heterocycles. The summed E-state index contributed by atoms with van der Waals surface area (Å²) in [5.41, 5.74) is 0.363. The maximum absolute atomic E-state index is 11.7. The summed E-state index contributed by atoms with van der Waals surface area (Å²) in [6, 6.07) is 3.29. The molecule has 6 heteroatoms. The molecule has 1 rings (SSSR count). The fraction of sp³-hybridized carbons (Fsp3) is 0.462. The van der Waals surface area contributed by atoms with Crippen LogP contribution in [0.3, 0.4) is 0 Å². The first kappa shape index (κ1) is 14.9. The van der Waals surface area contributed by atoms with Crippen LogP contribution in [-0.4, -0.2) is 29.0 Å². The SMILES string of the molecule is CCC(C)C(=O)OCC(=O)NC(=O)c1cccn1C. The monoisotopic (exact) mass is 266 g/mol. The van der Waals surface area contributed by atoms with Crippen molar-refractivity contribution in [3.05, 3.63) is 24.0 Å². The molecule has 0 saturated heterocycles. The summed E-state index contributed by atoms with van der Waals surface area (Å²) in [5, 5.41) is 2.16. The van der Waals surface area contributed by atoms with Gasteiger partial charge in [-0.05, 0) is 18.6 Å². The fourth-order valence-electron chi connectivity index (χ4n) is 1.37. The number of imide groups is 1.